The van der Waals surface area contributed by atoms with E-state index in [4.69, 9.17) is 4.74 Å². The molecule has 0 radical (unpaired) electrons. The largest absolute Gasteiger partial charge is 0.439 e. The maximum absolute atomic E-state index is 11.4. The molecule has 44 heavy (non-hydrogen) atoms. The molecule has 240 valence electrons. The summed E-state index contributed by atoms with van der Waals surface area (Å²) in [5.74, 6) is 2.36. The SMILES string of the molecule is C=C/C(=N\c1ccnn1CC(=C)NCC1(CCC)CCC(C)(C=O)CC1)C(=C)C.C=C1Oc2ccc(CC)cc2N1C.CC. The molecular weight excluding hydrogens is 546 g/mol. The Morgan fingerprint density at radius 3 is 2.41 bits per heavy atom. The molecule has 7 heteroatoms. The summed E-state index contributed by atoms with van der Waals surface area (Å²) in [6.45, 7) is 29.6. The van der Waals surface area contributed by atoms with Crippen LogP contribution in [-0.2, 0) is 17.8 Å². The highest BCUT2D eigenvalue weighted by Crippen LogP contribution is 2.46. The van der Waals surface area contributed by atoms with Gasteiger partial charge >= 0.3 is 0 Å². The fraction of sp³-hybridized carbons (Fsp3) is 0.486. The highest BCUT2D eigenvalue weighted by molar-refractivity contribution is 6.08. The number of aliphatic imine (C=N–C) groups is 1. The van der Waals surface area contributed by atoms with E-state index in [9.17, 15) is 4.79 Å². The van der Waals surface area contributed by atoms with Crippen LogP contribution in [0, 0.1) is 10.8 Å². The number of carbonyl (C=O) groups excluding carboxylic acids is 1. The number of benzene rings is 1. The van der Waals surface area contributed by atoms with Crippen molar-refractivity contribution in [3.63, 3.8) is 0 Å². The van der Waals surface area contributed by atoms with Crippen molar-refractivity contribution in [1.82, 2.24) is 15.1 Å². The molecule has 0 bridgehead atoms. The lowest BCUT2D eigenvalue weighted by Crippen LogP contribution is -2.40. The Hall–Kier alpha value is -3.87. The second kappa shape index (κ2) is 16.8. The van der Waals surface area contributed by atoms with Gasteiger partial charge in [-0.3, -0.25) is 0 Å². The fourth-order valence-corrected chi connectivity index (χ4v) is 5.51. The van der Waals surface area contributed by atoms with E-state index in [0.29, 0.717) is 12.4 Å². The van der Waals surface area contributed by atoms with Crippen molar-refractivity contribution in [2.75, 3.05) is 18.5 Å². The standard InChI is InChI=1S/C24H36N4O.C11H13NO.C2H6/c1-7-10-24(13-11-23(6,18-29)12-14-24)17-25-20(5)16-28-22(9-15-26-28)27-21(8-2)19(3)4;1-4-9-5-6-11-10(7-9)12(3)8(2)13-11;1-2/h8-9,15,18,25H,2-3,5,7,10-14,16-17H2,1,4,6H3;5-7H,2,4H2,1,3H3;1-2H3/b27-21+;;. The molecule has 0 amide bonds. The minimum absolute atomic E-state index is 0.150. The monoisotopic (exact) mass is 601 g/mol. The number of nitrogens with zero attached hydrogens (tertiary/aromatic N) is 4. The second-order valence-electron chi connectivity index (χ2n) is 12.0. The molecule has 7 nitrogen and oxygen atoms in total. The van der Waals surface area contributed by atoms with E-state index < -0.39 is 0 Å². The number of nitrogens with one attached hydrogen (secondary N) is 1. The Morgan fingerprint density at radius 2 is 1.84 bits per heavy atom. The molecule has 0 unspecified atom stereocenters. The van der Waals surface area contributed by atoms with Gasteiger partial charge in [-0.15, -0.1) is 0 Å². The lowest BCUT2D eigenvalue weighted by Gasteiger charge is -2.43. The number of fused-ring (bicyclic) bond motifs is 1. The Labute approximate surface area is 266 Å². The second-order valence-corrected chi connectivity index (χ2v) is 12.0. The van der Waals surface area contributed by atoms with E-state index in [1.54, 1.807) is 12.3 Å². The average Bonchev–Trinajstić information content (AvgIpc) is 3.59. The van der Waals surface area contributed by atoms with Crippen LogP contribution in [-0.4, -0.2) is 35.4 Å². The number of rotatable bonds is 12. The van der Waals surface area contributed by atoms with Gasteiger partial charge in [-0.25, -0.2) is 9.67 Å². The Bertz CT molecular complexity index is 1330. The maximum Gasteiger partial charge on any atom is 0.193 e. The Balaban J connectivity index is 0.000000371. The smallest absolute Gasteiger partial charge is 0.193 e. The Kier molecular flexibility index (Phi) is 13.9. The first-order valence-electron chi connectivity index (χ1n) is 16.0. The molecule has 0 saturated heterocycles. The van der Waals surface area contributed by atoms with E-state index >= 15 is 0 Å². The van der Waals surface area contributed by atoms with Gasteiger partial charge < -0.3 is 19.7 Å². The summed E-state index contributed by atoms with van der Waals surface area (Å²) in [6, 6.07) is 8.11. The quantitative estimate of drug-likeness (QED) is 0.194. The fourth-order valence-electron chi connectivity index (χ4n) is 5.51. The zero-order chi connectivity index (χ0) is 32.9. The van der Waals surface area contributed by atoms with Gasteiger partial charge in [0.05, 0.1) is 24.1 Å². The van der Waals surface area contributed by atoms with Crippen molar-refractivity contribution in [1.29, 1.82) is 0 Å². The molecule has 4 rings (SSSR count). The molecule has 1 saturated carbocycles. The van der Waals surface area contributed by atoms with Gasteiger partial charge in [0.25, 0.3) is 0 Å². The summed E-state index contributed by atoms with van der Waals surface area (Å²) in [6.07, 6.45) is 12.1. The number of anilines is 1. The van der Waals surface area contributed by atoms with Crippen LogP contribution < -0.4 is 15.0 Å². The summed E-state index contributed by atoms with van der Waals surface area (Å²) in [5.41, 5.74) is 5.07. The molecule has 1 N–H and O–H groups in total. The molecule has 0 spiro atoms. The highest BCUT2D eigenvalue weighted by atomic mass is 16.5. The third kappa shape index (κ3) is 9.57. The molecule has 2 aliphatic rings. The van der Waals surface area contributed by atoms with Crippen LogP contribution in [0.15, 0.2) is 85.0 Å². The van der Waals surface area contributed by atoms with E-state index in [2.05, 4.69) is 74.6 Å². The number of allylic oxidation sites excluding steroid dienone is 3. The summed E-state index contributed by atoms with van der Waals surface area (Å²) in [4.78, 5) is 18.0. The van der Waals surface area contributed by atoms with Crippen LogP contribution in [0.3, 0.4) is 0 Å². The number of carbonyl (C=O) groups is 1. The van der Waals surface area contributed by atoms with Gasteiger partial charge in [-0.1, -0.05) is 66.8 Å². The molecule has 1 aromatic carbocycles. The molecular formula is C37H55N5O2. The number of aromatic nitrogens is 2. The molecule has 1 fully saturated rings. The van der Waals surface area contributed by atoms with Gasteiger partial charge in [-0.2, -0.15) is 5.10 Å². The molecule has 0 atom stereocenters. The molecule has 1 aromatic heterocycles. The summed E-state index contributed by atoms with van der Waals surface area (Å²) >= 11 is 0. The Morgan fingerprint density at radius 1 is 1.16 bits per heavy atom. The lowest BCUT2D eigenvalue weighted by atomic mass is 9.63. The third-order valence-electron chi connectivity index (χ3n) is 8.53. The number of aldehydes is 1. The lowest BCUT2D eigenvalue weighted by molar-refractivity contribution is -0.118. The maximum atomic E-state index is 11.4. The zero-order valence-corrected chi connectivity index (χ0v) is 28.3. The minimum atomic E-state index is -0.150. The number of hydrogen-bond acceptors (Lipinski definition) is 6. The molecule has 2 aromatic rings. The summed E-state index contributed by atoms with van der Waals surface area (Å²) < 4.78 is 7.28. The van der Waals surface area contributed by atoms with Crippen LogP contribution in [0.25, 0.3) is 0 Å². The third-order valence-corrected chi connectivity index (χ3v) is 8.53. The predicted molar refractivity (Wildman–Crippen MR) is 187 cm³/mol. The summed E-state index contributed by atoms with van der Waals surface area (Å²) in [7, 11) is 1.97. The van der Waals surface area contributed by atoms with Gasteiger partial charge in [0.1, 0.15) is 6.29 Å². The van der Waals surface area contributed by atoms with Gasteiger partial charge in [0.2, 0.25) is 0 Å². The van der Waals surface area contributed by atoms with Crippen LogP contribution in [0.4, 0.5) is 11.5 Å². The number of ether oxygens (including phenoxy) is 1. The van der Waals surface area contributed by atoms with Crippen molar-refractivity contribution in [2.24, 2.45) is 15.8 Å². The summed E-state index contributed by atoms with van der Waals surface area (Å²) in [5, 5.41) is 7.94. The van der Waals surface area contributed by atoms with E-state index in [-0.39, 0.29) is 10.8 Å². The van der Waals surface area contributed by atoms with Crippen molar-refractivity contribution >= 4 is 23.5 Å². The predicted octanol–water partition coefficient (Wildman–Crippen LogP) is 8.96. The van der Waals surface area contributed by atoms with E-state index in [1.807, 2.05) is 49.5 Å². The van der Waals surface area contributed by atoms with Crippen LogP contribution in [0.5, 0.6) is 5.75 Å². The first kappa shape index (κ1) is 36.3. The molecule has 2 heterocycles. The first-order chi connectivity index (χ1) is 21.0. The first-order valence-corrected chi connectivity index (χ1v) is 16.0. The topological polar surface area (TPSA) is 71.8 Å². The minimum Gasteiger partial charge on any atom is -0.439 e. The highest BCUT2D eigenvalue weighted by Gasteiger charge is 2.39. The van der Waals surface area contributed by atoms with Crippen molar-refractivity contribution in [3.05, 3.63) is 85.6 Å². The average molecular weight is 602 g/mol. The van der Waals surface area contributed by atoms with Gasteiger partial charge in [0, 0.05) is 30.8 Å². The number of hydrogen-bond donors (Lipinski definition) is 1. The van der Waals surface area contributed by atoms with Crippen LogP contribution >= 0.6 is 0 Å². The van der Waals surface area contributed by atoms with Crippen LogP contribution in [0.2, 0.25) is 0 Å². The van der Waals surface area contributed by atoms with Gasteiger partial charge in [0.15, 0.2) is 17.5 Å². The molecule has 1 aliphatic heterocycles. The van der Waals surface area contributed by atoms with Crippen molar-refractivity contribution < 1.29 is 9.53 Å². The van der Waals surface area contributed by atoms with E-state index in [0.717, 1.165) is 85.6 Å². The van der Waals surface area contributed by atoms with Crippen LogP contribution in [0.1, 0.15) is 85.6 Å². The van der Waals surface area contributed by atoms with Gasteiger partial charge in [-0.05, 0) is 86.8 Å². The van der Waals surface area contributed by atoms with Crippen molar-refractivity contribution in [2.45, 2.75) is 93.0 Å². The normalized spacial score (nSPS) is 20.7. The number of aryl methyl sites for hydroxylation is 1. The van der Waals surface area contributed by atoms with E-state index in [1.165, 1.54) is 12.0 Å². The molecule has 1 aliphatic carbocycles. The zero-order valence-electron chi connectivity index (χ0n) is 28.3. The van der Waals surface area contributed by atoms with Crippen molar-refractivity contribution in [3.8, 4) is 5.75 Å².